The second-order valence-electron chi connectivity index (χ2n) is 3.52. The van der Waals surface area contributed by atoms with Crippen molar-refractivity contribution in [3.8, 4) is 0 Å². The molecule has 0 bridgehead atoms. The summed E-state index contributed by atoms with van der Waals surface area (Å²) in [6.07, 6.45) is 2.38. The fraction of sp³-hybridized carbons (Fsp3) is 0.750. The number of rotatable bonds is 1. The van der Waals surface area contributed by atoms with Gasteiger partial charge in [0.05, 0.1) is 5.92 Å². The SMILES string of the molecule is O=CC1CC2(O)CCCN2C1=O. The summed E-state index contributed by atoms with van der Waals surface area (Å²) >= 11 is 0. The van der Waals surface area contributed by atoms with Gasteiger partial charge in [0, 0.05) is 13.0 Å². The predicted octanol–water partition coefficient (Wildman–Crippen LogP) is -0.484. The molecule has 2 heterocycles. The van der Waals surface area contributed by atoms with Crippen LogP contribution in [-0.4, -0.2) is 34.5 Å². The second-order valence-corrected chi connectivity index (χ2v) is 3.52. The number of carbonyl (C=O) groups is 2. The van der Waals surface area contributed by atoms with E-state index in [0.717, 1.165) is 6.42 Å². The van der Waals surface area contributed by atoms with E-state index in [-0.39, 0.29) is 12.3 Å². The topological polar surface area (TPSA) is 57.6 Å². The predicted molar refractivity (Wildman–Crippen MR) is 40.1 cm³/mol. The number of aliphatic hydroxyl groups is 1. The van der Waals surface area contributed by atoms with Gasteiger partial charge in [0.15, 0.2) is 0 Å². The molecule has 4 heteroatoms. The van der Waals surface area contributed by atoms with E-state index in [1.54, 1.807) is 0 Å². The minimum atomic E-state index is -0.997. The highest BCUT2D eigenvalue weighted by molar-refractivity contribution is 5.94. The van der Waals surface area contributed by atoms with E-state index < -0.39 is 11.6 Å². The molecule has 0 aliphatic carbocycles. The first-order valence-corrected chi connectivity index (χ1v) is 4.16. The van der Waals surface area contributed by atoms with Gasteiger partial charge in [-0.05, 0) is 12.8 Å². The molecule has 0 radical (unpaired) electrons. The summed E-state index contributed by atoms with van der Waals surface area (Å²) in [4.78, 5) is 23.2. The van der Waals surface area contributed by atoms with Crippen molar-refractivity contribution in [2.75, 3.05) is 6.54 Å². The first-order chi connectivity index (χ1) is 5.67. The Morgan fingerprint density at radius 1 is 1.67 bits per heavy atom. The minimum Gasteiger partial charge on any atom is -0.371 e. The van der Waals surface area contributed by atoms with Crippen molar-refractivity contribution in [2.24, 2.45) is 5.92 Å². The van der Waals surface area contributed by atoms with Gasteiger partial charge in [0.25, 0.3) is 0 Å². The Labute approximate surface area is 70.2 Å². The van der Waals surface area contributed by atoms with E-state index in [0.29, 0.717) is 19.3 Å². The van der Waals surface area contributed by atoms with Crippen LogP contribution in [0.1, 0.15) is 19.3 Å². The van der Waals surface area contributed by atoms with Gasteiger partial charge in [-0.15, -0.1) is 0 Å². The summed E-state index contributed by atoms with van der Waals surface area (Å²) in [6, 6.07) is 0. The molecule has 2 aliphatic rings. The molecule has 0 aromatic rings. The van der Waals surface area contributed by atoms with Gasteiger partial charge in [-0.1, -0.05) is 0 Å². The van der Waals surface area contributed by atoms with E-state index in [2.05, 4.69) is 0 Å². The molecule has 1 amide bonds. The van der Waals surface area contributed by atoms with Crippen LogP contribution in [0.5, 0.6) is 0 Å². The molecule has 2 unspecified atom stereocenters. The van der Waals surface area contributed by atoms with E-state index in [4.69, 9.17) is 0 Å². The zero-order valence-electron chi connectivity index (χ0n) is 6.69. The number of aldehydes is 1. The summed E-state index contributed by atoms with van der Waals surface area (Å²) in [6.45, 7) is 0.597. The Kier molecular flexibility index (Phi) is 1.48. The number of nitrogens with zero attached hydrogens (tertiary/aromatic N) is 1. The van der Waals surface area contributed by atoms with Gasteiger partial charge in [0.1, 0.15) is 12.0 Å². The third kappa shape index (κ3) is 0.813. The van der Waals surface area contributed by atoms with Crippen LogP contribution in [0.2, 0.25) is 0 Å². The molecular weight excluding hydrogens is 158 g/mol. The van der Waals surface area contributed by atoms with E-state index >= 15 is 0 Å². The fourth-order valence-electron chi connectivity index (χ4n) is 2.14. The van der Waals surface area contributed by atoms with Crippen LogP contribution in [0, 0.1) is 5.92 Å². The average Bonchev–Trinajstić information content (AvgIpc) is 2.50. The quantitative estimate of drug-likeness (QED) is 0.426. The van der Waals surface area contributed by atoms with Gasteiger partial charge in [-0.2, -0.15) is 0 Å². The highest BCUT2D eigenvalue weighted by Gasteiger charge is 2.52. The lowest BCUT2D eigenvalue weighted by Crippen LogP contribution is -2.39. The first-order valence-electron chi connectivity index (χ1n) is 4.16. The lowest BCUT2D eigenvalue weighted by Gasteiger charge is -2.24. The number of hydrogen-bond donors (Lipinski definition) is 1. The molecule has 0 aromatic heterocycles. The highest BCUT2D eigenvalue weighted by Crippen LogP contribution is 2.39. The zero-order chi connectivity index (χ0) is 8.77. The number of hydrogen-bond acceptors (Lipinski definition) is 3. The molecule has 2 fully saturated rings. The number of carbonyl (C=O) groups excluding carboxylic acids is 2. The molecule has 4 nitrogen and oxygen atoms in total. The van der Waals surface area contributed by atoms with Crippen molar-refractivity contribution < 1.29 is 14.7 Å². The Morgan fingerprint density at radius 2 is 2.42 bits per heavy atom. The monoisotopic (exact) mass is 169 g/mol. The minimum absolute atomic E-state index is 0.204. The molecular formula is C8H11NO3. The summed E-state index contributed by atoms with van der Waals surface area (Å²) in [5, 5.41) is 9.85. The maximum atomic E-state index is 11.4. The summed E-state index contributed by atoms with van der Waals surface area (Å²) in [5.74, 6) is -0.805. The smallest absolute Gasteiger partial charge is 0.235 e. The van der Waals surface area contributed by atoms with Crippen LogP contribution in [0.15, 0.2) is 0 Å². The van der Waals surface area contributed by atoms with Crippen LogP contribution in [-0.2, 0) is 9.59 Å². The van der Waals surface area contributed by atoms with Crippen LogP contribution in [0.4, 0.5) is 0 Å². The Bertz CT molecular complexity index is 240. The fourth-order valence-corrected chi connectivity index (χ4v) is 2.14. The molecule has 0 aromatic carbocycles. The molecule has 2 saturated heterocycles. The van der Waals surface area contributed by atoms with Gasteiger partial charge in [0.2, 0.25) is 5.91 Å². The molecule has 2 rings (SSSR count). The lowest BCUT2D eigenvalue weighted by molar-refractivity contribution is -0.140. The van der Waals surface area contributed by atoms with Crippen LogP contribution >= 0.6 is 0 Å². The molecule has 0 saturated carbocycles. The summed E-state index contributed by atoms with van der Waals surface area (Å²) in [7, 11) is 0. The normalized spacial score (nSPS) is 40.2. The Balaban J connectivity index is 2.27. The van der Waals surface area contributed by atoms with Crippen molar-refractivity contribution in [1.82, 2.24) is 4.90 Å². The van der Waals surface area contributed by atoms with Crippen molar-refractivity contribution in [3.63, 3.8) is 0 Å². The third-order valence-corrected chi connectivity index (χ3v) is 2.76. The largest absolute Gasteiger partial charge is 0.371 e. The second kappa shape index (κ2) is 2.29. The maximum absolute atomic E-state index is 11.4. The Hall–Kier alpha value is -0.900. The molecule has 2 aliphatic heterocycles. The zero-order valence-corrected chi connectivity index (χ0v) is 6.69. The van der Waals surface area contributed by atoms with Gasteiger partial charge in [-0.25, -0.2) is 0 Å². The summed E-state index contributed by atoms with van der Waals surface area (Å²) < 4.78 is 0. The van der Waals surface area contributed by atoms with Crippen LogP contribution in [0.25, 0.3) is 0 Å². The van der Waals surface area contributed by atoms with Crippen LogP contribution in [0.3, 0.4) is 0 Å². The molecule has 0 spiro atoms. The van der Waals surface area contributed by atoms with Gasteiger partial charge in [-0.3, -0.25) is 4.79 Å². The van der Waals surface area contributed by atoms with Crippen molar-refractivity contribution in [2.45, 2.75) is 25.0 Å². The van der Waals surface area contributed by atoms with Crippen LogP contribution < -0.4 is 0 Å². The van der Waals surface area contributed by atoms with Gasteiger partial charge < -0.3 is 14.8 Å². The van der Waals surface area contributed by atoms with E-state index in [9.17, 15) is 14.7 Å². The number of amides is 1. The molecule has 66 valence electrons. The average molecular weight is 169 g/mol. The van der Waals surface area contributed by atoms with Crippen molar-refractivity contribution in [3.05, 3.63) is 0 Å². The first kappa shape index (κ1) is 7.73. The Morgan fingerprint density at radius 3 is 3.00 bits per heavy atom. The van der Waals surface area contributed by atoms with Crippen molar-refractivity contribution in [1.29, 1.82) is 0 Å². The molecule has 12 heavy (non-hydrogen) atoms. The third-order valence-electron chi connectivity index (χ3n) is 2.76. The number of fused-ring (bicyclic) bond motifs is 1. The molecule has 1 N–H and O–H groups in total. The lowest BCUT2D eigenvalue weighted by atomic mass is 10.0. The highest BCUT2D eigenvalue weighted by atomic mass is 16.3. The summed E-state index contributed by atoms with van der Waals surface area (Å²) in [5.41, 5.74) is -0.997. The maximum Gasteiger partial charge on any atom is 0.235 e. The van der Waals surface area contributed by atoms with Crippen molar-refractivity contribution >= 4 is 12.2 Å². The van der Waals surface area contributed by atoms with E-state index in [1.807, 2.05) is 0 Å². The standard InChI is InChI=1S/C8H11NO3/c10-5-6-4-8(12)2-1-3-9(8)7(6)11/h5-6,12H,1-4H2. The van der Waals surface area contributed by atoms with E-state index in [1.165, 1.54) is 4.90 Å². The van der Waals surface area contributed by atoms with Gasteiger partial charge >= 0.3 is 0 Å². The molecule has 2 atom stereocenters.